The Bertz CT molecular complexity index is 500. The first-order valence-electron chi connectivity index (χ1n) is 4.14. The first kappa shape index (κ1) is 8.55. The lowest BCUT2D eigenvalue weighted by atomic mass is 10.1. The number of imidazole rings is 1. The quantitative estimate of drug-likeness (QED) is 0.301. The molecule has 0 saturated heterocycles. The highest BCUT2D eigenvalue weighted by molar-refractivity contribution is 5.99. The van der Waals surface area contributed by atoms with Crippen molar-refractivity contribution in [2.75, 3.05) is 0 Å². The zero-order chi connectivity index (χ0) is 10.1. The zero-order valence-electron chi connectivity index (χ0n) is 7.68. The van der Waals surface area contributed by atoms with Crippen LogP contribution in [0.4, 0.5) is 0 Å². The van der Waals surface area contributed by atoms with Gasteiger partial charge in [-0.15, -0.1) is 0 Å². The summed E-state index contributed by atoms with van der Waals surface area (Å²) in [6, 6.07) is 1.79. The van der Waals surface area contributed by atoms with E-state index in [4.69, 9.17) is 10.9 Å². The van der Waals surface area contributed by atoms with Gasteiger partial charge in [-0.3, -0.25) is 0 Å². The van der Waals surface area contributed by atoms with Crippen LogP contribution in [0.1, 0.15) is 11.1 Å². The Balaban J connectivity index is 2.74. The minimum Gasteiger partial charge on any atom is -0.409 e. The van der Waals surface area contributed by atoms with Crippen LogP contribution in [0.5, 0.6) is 0 Å². The maximum Gasteiger partial charge on any atom is 0.170 e. The van der Waals surface area contributed by atoms with Gasteiger partial charge in [0, 0.05) is 29.7 Å². The van der Waals surface area contributed by atoms with Gasteiger partial charge in [0.15, 0.2) is 5.84 Å². The van der Waals surface area contributed by atoms with Crippen LogP contribution in [-0.2, 0) is 0 Å². The van der Waals surface area contributed by atoms with Crippen molar-refractivity contribution in [3.05, 3.63) is 35.8 Å². The second kappa shape index (κ2) is 3.02. The van der Waals surface area contributed by atoms with Crippen molar-refractivity contribution >= 4 is 11.5 Å². The average Bonchev–Trinajstić information content (AvgIpc) is 2.66. The van der Waals surface area contributed by atoms with Crippen LogP contribution in [0.25, 0.3) is 5.65 Å². The van der Waals surface area contributed by atoms with Gasteiger partial charge in [0.25, 0.3) is 0 Å². The predicted octanol–water partition coefficient (Wildman–Crippen LogP) is 0.737. The fraction of sp³-hybridized carbons (Fsp3) is 0.111. The molecule has 0 aromatic carbocycles. The molecule has 2 rings (SSSR count). The molecule has 72 valence electrons. The monoisotopic (exact) mass is 190 g/mol. The van der Waals surface area contributed by atoms with Crippen LogP contribution in [-0.4, -0.2) is 20.4 Å². The third kappa shape index (κ3) is 1.10. The van der Waals surface area contributed by atoms with E-state index in [0.717, 1.165) is 11.2 Å². The van der Waals surface area contributed by atoms with E-state index in [1.165, 1.54) is 0 Å². The molecule has 0 amide bonds. The molecule has 5 nitrogen and oxygen atoms in total. The first-order chi connectivity index (χ1) is 6.74. The Kier molecular flexibility index (Phi) is 1.85. The third-order valence-corrected chi connectivity index (χ3v) is 2.19. The van der Waals surface area contributed by atoms with Crippen LogP contribution in [0, 0.1) is 6.92 Å². The van der Waals surface area contributed by atoms with Gasteiger partial charge in [-0.1, -0.05) is 5.16 Å². The average molecular weight is 190 g/mol. The highest BCUT2D eigenvalue weighted by atomic mass is 16.4. The van der Waals surface area contributed by atoms with Gasteiger partial charge < -0.3 is 15.3 Å². The van der Waals surface area contributed by atoms with Crippen LogP contribution < -0.4 is 5.73 Å². The van der Waals surface area contributed by atoms with E-state index < -0.39 is 0 Å². The molecule has 5 heteroatoms. The Hall–Kier alpha value is -2.04. The van der Waals surface area contributed by atoms with Crippen LogP contribution in [0.2, 0.25) is 0 Å². The van der Waals surface area contributed by atoms with E-state index >= 15 is 0 Å². The molecular formula is C9H10N4O. The lowest BCUT2D eigenvalue weighted by molar-refractivity contribution is 0.318. The van der Waals surface area contributed by atoms with Crippen LogP contribution >= 0.6 is 0 Å². The van der Waals surface area contributed by atoms with Gasteiger partial charge in [-0.25, -0.2) is 4.98 Å². The highest BCUT2D eigenvalue weighted by Gasteiger charge is 2.07. The summed E-state index contributed by atoms with van der Waals surface area (Å²) in [7, 11) is 0. The topological polar surface area (TPSA) is 75.9 Å². The number of fused-ring (bicyclic) bond motifs is 1. The van der Waals surface area contributed by atoms with Crippen molar-refractivity contribution in [3.8, 4) is 0 Å². The molecule has 2 aromatic heterocycles. The molecule has 0 unspecified atom stereocenters. The number of aromatic nitrogens is 2. The molecule has 0 aliphatic heterocycles. The van der Waals surface area contributed by atoms with E-state index in [0.29, 0.717) is 5.56 Å². The molecule has 0 radical (unpaired) electrons. The molecule has 0 fully saturated rings. The summed E-state index contributed by atoms with van der Waals surface area (Å²) >= 11 is 0. The van der Waals surface area contributed by atoms with Gasteiger partial charge in [-0.2, -0.15) is 0 Å². The van der Waals surface area contributed by atoms with Crippen molar-refractivity contribution in [2.24, 2.45) is 10.9 Å². The second-order valence-electron chi connectivity index (χ2n) is 3.00. The number of nitrogens with two attached hydrogens (primary N) is 1. The summed E-state index contributed by atoms with van der Waals surface area (Å²) in [5.41, 5.74) is 7.93. The van der Waals surface area contributed by atoms with Gasteiger partial charge in [0.1, 0.15) is 5.65 Å². The van der Waals surface area contributed by atoms with Crippen molar-refractivity contribution in [1.29, 1.82) is 0 Å². The minimum absolute atomic E-state index is 0.105. The van der Waals surface area contributed by atoms with E-state index in [1.54, 1.807) is 12.3 Å². The Morgan fingerprint density at radius 1 is 1.57 bits per heavy atom. The normalized spacial score (nSPS) is 12.2. The number of aryl methyl sites for hydroxylation is 1. The van der Waals surface area contributed by atoms with E-state index in [1.807, 2.05) is 23.7 Å². The fourth-order valence-corrected chi connectivity index (χ4v) is 1.46. The van der Waals surface area contributed by atoms with Crippen LogP contribution in [0.15, 0.2) is 29.8 Å². The minimum atomic E-state index is 0.105. The first-order valence-corrected chi connectivity index (χ1v) is 4.14. The van der Waals surface area contributed by atoms with Crippen molar-refractivity contribution in [1.82, 2.24) is 9.38 Å². The Labute approximate surface area is 80.5 Å². The van der Waals surface area contributed by atoms with Crippen LogP contribution in [0.3, 0.4) is 0 Å². The van der Waals surface area contributed by atoms with E-state index in [2.05, 4.69) is 10.1 Å². The number of hydrogen-bond donors (Lipinski definition) is 2. The SMILES string of the molecule is Cc1c(/C(N)=N/O)ccn2ccnc12. The highest BCUT2D eigenvalue weighted by Crippen LogP contribution is 2.12. The third-order valence-electron chi connectivity index (χ3n) is 2.19. The summed E-state index contributed by atoms with van der Waals surface area (Å²) in [5.74, 6) is 0.105. The lowest BCUT2D eigenvalue weighted by Gasteiger charge is -2.04. The Morgan fingerprint density at radius 3 is 3.07 bits per heavy atom. The Morgan fingerprint density at radius 2 is 2.36 bits per heavy atom. The molecule has 0 spiro atoms. The predicted molar refractivity (Wildman–Crippen MR) is 52.4 cm³/mol. The van der Waals surface area contributed by atoms with Gasteiger partial charge in [-0.05, 0) is 13.0 Å². The fourth-order valence-electron chi connectivity index (χ4n) is 1.46. The molecule has 0 aliphatic rings. The number of nitrogens with zero attached hydrogens (tertiary/aromatic N) is 3. The number of pyridine rings is 1. The summed E-state index contributed by atoms with van der Waals surface area (Å²) in [6.07, 6.45) is 5.37. The summed E-state index contributed by atoms with van der Waals surface area (Å²) < 4.78 is 1.88. The van der Waals surface area contributed by atoms with Gasteiger partial charge >= 0.3 is 0 Å². The summed E-state index contributed by atoms with van der Waals surface area (Å²) in [4.78, 5) is 4.17. The molecule has 0 aliphatic carbocycles. The maximum atomic E-state index is 8.57. The standard InChI is InChI=1S/C9H10N4O/c1-6-7(8(10)12-14)2-4-13-5-3-11-9(6)13/h2-5,14H,1H3,(H2,10,12). The number of amidine groups is 1. The molecule has 3 N–H and O–H groups in total. The summed E-state index contributed by atoms with van der Waals surface area (Å²) in [5, 5.41) is 11.5. The van der Waals surface area contributed by atoms with E-state index in [-0.39, 0.29) is 5.84 Å². The zero-order valence-corrected chi connectivity index (χ0v) is 7.68. The number of oxime groups is 1. The van der Waals surface area contributed by atoms with Gasteiger partial charge in [0.2, 0.25) is 0 Å². The molecule has 2 heterocycles. The van der Waals surface area contributed by atoms with Gasteiger partial charge in [0.05, 0.1) is 0 Å². The molecule has 0 atom stereocenters. The van der Waals surface area contributed by atoms with Crippen molar-refractivity contribution in [3.63, 3.8) is 0 Å². The second-order valence-corrected chi connectivity index (χ2v) is 3.00. The van der Waals surface area contributed by atoms with Crippen molar-refractivity contribution in [2.45, 2.75) is 6.92 Å². The number of hydrogen-bond acceptors (Lipinski definition) is 3. The largest absolute Gasteiger partial charge is 0.409 e. The molecule has 0 bridgehead atoms. The molecular weight excluding hydrogens is 180 g/mol. The van der Waals surface area contributed by atoms with E-state index in [9.17, 15) is 0 Å². The smallest absolute Gasteiger partial charge is 0.170 e. The maximum absolute atomic E-state index is 8.57. The molecule has 2 aromatic rings. The molecule has 14 heavy (non-hydrogen) atoms. The number of rotatable bonds is 1. The summed E-state index contributed by atoms with van der Waals surface area (Å²) in [6.45, 7) is 1.88. The van der Waals surface area contributed by atoms with Crippen molar-refractivity contribution < 1.29 is 5.21 Å². The lowest BCUT2D eigenvalue weighted by Crippen LogP contribution is -2.15. The molecule has 0 saturated carbocycles.